The van der Waals surface area contributed by atoms with Crippen LogP contribution < -0.4 is 20.1 Å². The number of rotatable bonds is 8. The number of nitrogens with zero attached hydrogens (tertiary/aromatic N) is 2. The van der Waals surface area contributed by atoms with Gasteiger partial charge in [-0.25, -0.2) is 0 Å². The number of benzene rings is 1. The summed E-state index contributed by atoms with van der Waals surface area (Å²) in [6.07, 6.45) is 7.97. The van der Waals surface area contributed by atoms with Gasteiger partial charge in [-0.2, -0.15) is 0 Å². The second-order valence-electron chi connectivity index (χ2n) is 9.30. The zero-order chi connectivity index (χ0) is 25.5. The molecule has 8 nitrogen and oxygen atoms in total. The van der Waals surface area contributed by atoms with Crippen LogP contribution in [-0.2, 0) is 16.1 Å². The molecule has 0 spiro atoms. The molecule has 0 saturated heterocycles. The van der Waals surface area contributed by atoms with Gasteiger partial charge in [0.15, 0.2) is 11.5 Å². The smallest absolute Gasteiger partial charge is 0.227 e. The highest BCUT2D eigenvalue weighted by atomic mass is 16.6. The van der Waals surface area contributed by atoms with E-state index in [0.29, 0.717) is 31.9 Å². The highest BCUT2D eigenvalue weighted by Gasteiger charge is 2.34. The molecule has 1 aliphatic heterocycles. The molecular formula is C28H36N4O4. The van der Waals surface area contributed by atoms with Gasteiger partial charge in [0.1, 0.15) is 13.2 Å². The van der Waals surface area contributed by atoms with E-state index in [2.05, 4.69) is 20.6 Å². The fraction of sp³-hybridized carbons (Fsp3) is 0.464. The molecule has 36 heavy (non-hydrogen) atoms. The van der Waals surface area contributed by atoms with Crippen LogP contribution in [0.25, 0.3) is 6.08 Å². The van der Waals surface area contributed by atoms with Gasteiger partial charge in [-0.1, -0.05) is 18.2 Å². The fourth-order valence-electron chi connectivity index (χ4n) is 4.67. The van der Waals surface area contributed by atoms with Crippen molar-refractivity contribution in [3.63, 3.8) is 0 Å². The summed E-state index contributed by atoms with van der Waals surface area (Å²) in [6.45, 7) is 5.68. The lowest BCUT2D eigenvalue weighted by Crippen LogP contribution is -2.47. The molecule has 3 atom stereocenters. The van der Waals surface area contributed by atoms with Crippen molar-refractivity contribution in [3.05, 3.63) is 53.4 Å². The highest BCUT2D eigenvalue weighted by molar-refractivity contribution is 5.97. The first kappa shape index (κ1) is 25.9. The van der Waals surface area contributed by atoms with Gasteiger partial charge in [-0.15, -0.1) is 0 Å². The summed E-state index contributed by atoms with van der Waals surface area (Å²) in [7, 11) is 3.49. The number of nitrogens with one attached hydrogen (secondary N) is 2. The van der Waals surface area contributed by atoms with Crippen LogP contribution in [0.15, 0.2) is 41.5 Å². The molecular weight excluding hydrogens is 456 g/mol. The van der Waals surface area contributed by atoms with Crippen molar-refractivity contribution in [1.29, 1.82) is 0 Å². The molecule has 1 aromatic carbocycles. The van der Waals surface area contributed by atoms with Crippen LogP contribution in [0.2, 0.25) is 0 Å². The van der Waals surface area contributed by atoms with Crippen molar-refractivity contribution in [2.75, 3.05) is 32.7 Å². The van der Waals surface area contributed by atoms with Crippen molar-refractivity contribution >= 4 is 23.4 Å². The highest BCUT2D eigenvalue weighted by Crippen LogP contribution is 2.31. The maximum atomic E-state index is 13.2. The van der Waals surface area contributed by atoms with Crippen LogP contribution in [0.3, 0.4) is 0 Å². The van der Waals surface area contributed by atoms with E-state index in [0.717, 1.165) is 46.8 Å². The molecule has 0 bridgehead atoms. The van der Waals surface area contributed by atoms with Crippen molar-refractivity contribution in [3.8, 4) is 11.5 Å². The molecule has 0 radical (unpaired) electrons. The first-order valence-electron chi connectivity index (χ1n) is 12.5. The van der Waals surface area contributed by atoms with Crippen molar-refractivity contribution in [1.82, 2.24) is 10.3 Å². The zero-order valence-electron chi connectivity index (χ0n) is 21.5. The summed E-state index contributed by atoms with van der Waals surface area (Å²) in [5.41, 5.74) is 4.78. The lowest BCUT2D eigenvalue weighted by atomic mass is 9.83. The molecule has 1 saturated carbocycles. The number of hydrogen-bond donors (Lipinski definition) is 2. The predicted octanol–water partition coefficient (Wildman–Crippen LogP) is 4.18. The minimum atomic E-state index is -0.103. The van der Waals surface area contributed by atoms with E-state index in [9.17, 15) is 4.79 Å². The number of anilines is 1. The van der Waals surface area contributed by atoms with E-state index in [4.69, 9.17) is 14.2 Å². The number of ether oxygens (including phenoxy) is 3. The van der Waals surface area contributed by atoms with Gasteiger partial charge < -0.3 is 24.8 Å². The van der Waals surface area contributed by atoms with E-state index in [-0.39, 0.29) is 24.0 Å². The molecule has 1 amide bonds. The van der Waals surface area contributed by atoms with Crippen LogP contribution in [0.1, 0.15) is 43.0 Å². The quantitative estimate of drug-likeness (QED) is 0.537. The van der Waals surface area contributed by atoms with E-state index in [1.54, 1.807) is 20.4 Å². The Bertz CT molecular complexity index is 1130. The Morgan fingerprint density at radius 2 is 2.06 bits per heavy atom. The largest absolute Gasteiger partial charge is 0.486 e. The van der Waals surface area contributed by atoms with Gasteiger partial charge in [0, 0.05) is 50.1 Å². The predicted molar refractivity (Wildman–Crippen MR) is 142 cm³/mol. The Balaban J connectivity index is 1.34. The number of aromatic nitrogens is 1. The van der Waals surface area contributed by atoms with E-state index < -0.39 is 0 Å². The molecule has 4 rings (SSSR count). The summed E-state index contributed by atoms with van der Waals surface area (Å²) >= 11 is 0. The van der Waals surface area contributed by atoms with Crippen molar-refractivity contribution in [2.45, 2.75) is 51.8 Å². The van der Waals surface area contributed by atoms with Crippen LogP contribution in [0.4, 0.5) is 5.69 Å². The Kier molecular flexibility index (Phi) is 8.72. The Hall–Kier alpha value is -3.23. The van der Waals surface area contributed by atoms with Gasteiger partial charge in [0.05, 0.1) is 18.0 Å². The summed E-state index contributed by atoms with van der Waals surface area (Å²) in [4.78, 5) is 21.8. The Morgan fingerprint density at radius 3 is 2.83 bits per heavy atom. The average Bonchev–Trinajstić information content (AvgIpc) is 2.91. The van der Waals surface area contributed by atoms with Gasteiger partial charge in [0.2, 0.25) is 5.91 Å². The summed E-state index contributed by atoms with van der Waals surface area (Å²) in [5, 5.41) is 6.72. The number of fused-ring (bicyclic) bond motifs is 1. The maximum absolute atomic E-state index is 13.2. The number of pyridine rings is 1. The van der Waals surface area contributed by atoms with Gasteiger partial charge in [-0.3, -0.25) is 14.8 Å². The second-order valence-corrected chi connectivity index (χ2v) is 9.30. The monoisotopic (exact) mass is 492 g/mol. The average molecular weight is 493 g/mol. The minimum absolute atomic E-state index is 0.0412. The molecule has 0 unspecified atom stereocenters. The zero-order valence-corrected chi connectivity index (χ0v) is 21.5. The summed E-state index contributed by atoms with van der Waals surface area (Å²) in [6, 6.07) is 8.02. The van der Waals surface area contributed by atoms with Crippen molar-refractivity contribution in [2.24, 2.45) is 10.9 Å². The third kappa shape index (κ3) is 6.30. The number of hydrogen-bond acceptors (Lipinski definition) is 7. The summed E-state index contributed by atoms with van der Waals surface area (Å²) < 4.78 is 17.0. The maximum Gasteiger partial charge on any atom is 0.227 e. The SMILES string of the molecule is CN=C(C)/C=C\c1cccc(NC(=O)[C@@H]2CC[C@@H](NCc3cc4c(cn3)OCCO4)[C@H](OC)C2)c1C. The molecule has 192 valence electrons. The lowest BCUT2D eigenvalue weighted by Gasteiger charge is -2.35. The number of methoxy groups -OCH3 is 1. The molecule has 1 aromatic heterocycles. The molecule has 2 heterocycles. The third-order valence-corrected chi connectivity index (χ3v) is 6.99. The second kappa shape index (κ2) is 12.1. The van der Waals surface area contributed by atoms with Crippen molar-refractivity contribution < 1.29 is 19.0 Å². The standard InChI is InChI=1S/C28H36N4O4/c1-18(29-3)8-9-20-6-5-7-23(19(20)2)32-28(33)21-10-11-24(25(14-21)34-4)31-16-22-15-26-27(17-30-22)36-13-12-35-26/h5-9,15,17,21,24-25,31H,10-14,16H2,1-4H3,(H,32,33)/b9-8-,29-18?/t21-,24-,25-/m1/s1. The Labute approximate surface area is 213 Å². The topological polar surface area (TPSA) is 94.1 Å². The Morgan fingerprint density at radius 1 is 1.25 bits per heavy atom. The molecule has 2 aromatic rings. The van der Waals surface area contributed by atoms with Gasteiger partial charge >= 0.3 is 0 Å². The molecule has 2 N–H and O–H groups in total. The fourth-order valence-corrected chi connectivity index (χ4v) is 4.67. The van der Waals surface area contributed by atoms with Crippen LogP contribution >= 0.6 is 0 Å². The molecule has 2 aliphatic rings. The van der Waals surface area contributed by atoms with Gasteiger partial charge in [0.25, 0.3) is 0 Å². The normalized spacial score (nSPS) is 22.0. The van der Waals surface area contributed by atoms with Crippen LogP contribution in [-0.4, -0.2) is 56.1 Å². The van der Waals surface area contributed by atoms with Crippen LogP contribution in [0.5, 0.6) is 11.5 Å². The van der Waals surface area contributed by atoms with Gasteiger partial charge in [-0.05, 0) is 56.4 Å². The number of aliphatic imine (C=N–C) groups is 1. The number of carbonyl (C=O) groups excluding carboxylic acids is 1. The van der Waals surface area contributed by atoms with E-state index in [1.807, 2.05) is 50.3 Å². The summed E-state index contributed by atoms with van der Waals surface area (Å²) in [5.74, 6) is 1.36. The first-order chi connectivity index (χ1) is 17.5. The minimum Gasteiger partial charge on any atom is -0.486 e. The number of carbonyl (C=O) groups is 1. The molecule has 1 aliphatic carbocycles. The number of allylic oxidation sites excluding steroid dienone is 1. The molecule has 8 heteroatoms. The molecule has 1 fully saturated rings. The van der Waals surface area contributed by atoms with E-state index >= 15 is 0 Å². The lowest BCUT2D eigenvalue weighted by molar-refractivity contribution is -0.122. The first-order valence-corrected chi connectivity index (χ1v) is 12.5. The number of amides is 1. The third-order valence-electron chi connectivity index (χ3n) is 6.99. The van der Waals surface area contributed by atoms with Crippen LogP contribution in [0, 0.1) is 12.8 Å². The van der Waals surface area contributed by atoms with E-state index in [1.165, 1.54) is 0 Å².